The van der Waals surface area contributed by atoms with Gasteiger partial charge in [-0.15, -0.1) is 0 Å². The summed E-state index contributed by atoms with van der Waals surface area (Å²) in [5.41, 5.74) is 0. The molecule has 0 N–H and O–H groups in total. The fourth-order valence-corrected chi connectivity index (χ4v) is 0.296. The van der Waals surface area contributed by atoms with Crippen LogP contribution in [0.3, 0.4) is 0 Å². The van der Waals surface area contributed by atoms with Gasteiger partial charge in [0.15, 0.2) is 0 Å². The monoisotopic (exact) mass is 99.0 g/mol. The van der Waals surface area contributed by atoms with Gasteiger partial charge in [0.05, 0.1) is 14.4 Å². The highest BCUT2D eigenvalue weighted by molar-refractivity contribution is 5.80. The van der Waals surface area contributed by atoms with Crippen molar-refractivity contribution >= 4 is 5.97 Å². The molecule has 1 aliphatic rings. The fourth-order valence-electron chi connectivity index (χ4n) is 0.296. The van der Waals surface area contributed by atoms with Gasteiger partial charge in [0.25, 0.3) is 0 Å². The lowest BCUT2D eigenvalue weighted by Crippen LogP contribution is -2.02. The zero-order valence-corrected chi connectivity index (χ0v) is 3.97. The first kappa shape index (κ1) is 3.24. The van der Waals surface area contributed by atoms with Gasteiger partial charge in [0, 0.05) is 0 Å². The van der Waals surface area contributed by atoms with Crippen molar-refractivity contribution in [3.05, 3.63) is 12.2 Å². The van der Waals surface area contributed by atoms with Gasteiger partial charge in [-0.25, -0.2) is 0 Å². The van der Waals surface area contributed by atoms with E-state index in [1.807, 2.05) is 0 Å². The van der Waals surface area contributed by atoms with Gasteiger partial charge in [-0.3, -0.25) is 4.79 Å². The van der Waals surface area contributed by atoms with Crippen LogP contribution >= 0.6 is 0 Å². The Hall–Kier alpha value is -0.790. The predicted molar refractivity (Wildman–Crippen MR) is 24.6 cm³/mol. The minimum absolute atomic E-state index is 0.502. The molecule has 0 saturated carbocycles. The third-order valence-electron chi connectivity index (χ3n) is 0.754. The summed E-state index contributed by atoms with van der Waals surface area (Å²) in [6.45, 7) is 0. The lowest BCUT2D eigenvalue weighted by molar-refractivity contribution is -0.141. The molecule has 0 aromatic carbocycles. The maximum absolute atomic E-state index is 10.4. The molecule has 1 rings (SSSR count). The second-order valence-electron chi connectivity index (χ2n) is 1.28. The number of rotatable bonds is 1. The summed E-state index contributed by atoms with van der Waals surface area (Å²) in [7, 11) is 1.28. The summed E-state index contributed by atoms with van der Waals surface area (Å²) < 4.78 is 11.4. The average molecular weight is 99.1 g/mol. The third-order valence-corrected chi connectivity index (χ3v) is 0.754. The van der Waals surface area contributed by atoms with E-state index in [2.05, 4.69) is 4.74 Å². The van der Waals surface area contributed by atoms with E-state index < -0.39 is 11.9 Å². The highest BCUT2D eigenvalue weighted by atomic mass is 16.5. The molecule has 0 spiro atoms. The molecule has 0 fully saturated rings. The normalized spacial score (nSPS) is 23.3. The van der Waals surface area contributed by atoms with E-state index in [-0.39, 0.29) is 0 Å². The summed E-state index contributed by atoms with van der Waals surface area (Å²) >= 11 is 0. The maximum atomic E-state index is 10.4. The summed E-state index contributed by atoms with van der Waals surface area (Å²) in [6.07, 6.45) is 2.97. The first-order valence-corrected chi connectivity index (χ1v) is 1.98. The molecule has 0 saturated heterocycles. The largest absolute Gasteiger partial charge is 0.468 e. The van der Waals surface area contributed by atoms with Crippen molar-refractivity contribution in [1.82, 2.24) is 0 Å². The Morgan fingerprint density at radius 2 is 2.57 bits per heavy atom. The molecule has 0 aromatic rings. The Bertz CT molecular complexity index is 145. The van der Waals surface area contributed by atoms with E-state index in [9.17, 15) is 4.79 Å². The lowest BCUT2D eigenvalue weighted by atomic mass is 10.4. The highest BCUT2D eigenvalue weighted by Gasteiger charge is 2.20. The van der Waals surface area contributed by atoms with Crippen molar-refractivity contribution in [2.75, 3.05) is 7.11 Å². The van der Waals surface area contributed by atoms with Crippen LogP contribution in [0.1, 0.15) is 1.37 Å². The molecule has 0 atom stereocenters. The molecule has 1 aliphatic carbocycles. The second-order valence-corrected chi connectivity index (χ2v) is 1.28. The molecule has 0 aromatic heterocycles. The molecule has 0 amide bonds. The standard InChI is InChI=1S/C5H6O2/c1-7-5(6)4-2-3-4/h2-4H,1H3/i4D. The Kier molecular flexibility index (Phi) is 0.635. The van der Waals surface area contributed by atoms with E-state index >= 15 is 0 Å². The quantitative estimate of drug-likeness (QED) is 0.350. The topological polar surface area (TPSA) is 26.3 Å². The van der Waals surface area contributed by atoms with E-state index in [0.717, 1.165) is 0 Å². The third kappa shape index (κ3) is 0.796. The fraction of sp³-hybridized carbons (Fsp3) is 0.400. The lowest BCUT2D eigenvalue weighted by Gasteiger charge is -1.90. The van der Waals surface area contributed by atoms with Crippen LogP contribution in [0.15, 0.2) is 12.2 Å². The number of ether oxygens (including phenoxy) is 1. The van der Waals surface area contributed by atoms with Crippen LogP contribution in [-0.2, 0) is 9.53 Å². The summed E-state index contributed by atoms with van der Waals surface area (Å²) in [6, 6.07) is 0. The molecule has 0 aliphatic heterocycles. The molecule has 0 heterocycles. The van der Waals surface area contributed by atoms with Gasteiger partial charge >= 0.3 is 5.97 Å². The zero-order valence-electron chi connectivity index (χ0n) is 4.97. The van der Waals surface area contributed by atoms with Crippen molar-refractivity contribution < 1.29 is 10.9 Å². The van der Waals surface area contributed by atoms with Crippen LogP contribution in [0.5, 0.6) is 0 Å². The van der Waals surface area contributed by atoms with Crippen LogP contribution in [0.2, 0.25) is 0 Å². The number of esters is 1. The van der Waals surface area contributed by atoms with Crippen LogP contribution in [0.25, 0.3) is 0 Å². The highest BCUT2D eigenvalue weighted by Crippen LogP contribution is 2.15. The number of carbonyl (C=O) groups is 1. The Morgan fingerprint density at radius 3 is 2.71 bits per heavy atom. The van der Waals surface area contributed by atoms with Gasteiger partial charge < -0.3 is 4.74 Å². The Labute approximate surface area is 43.2 Å². The van der Waals surface area contributed by atoms with Crippen molar-refractivity contribution in [3.8, 4) is 0 Å². The SMILES string of the molecule is [2H]C1(C(=O)OC)C=C1. The second kappa shape index (κ2) is 1.37. The van der Waals surface area contributed by atoms with Crippen molar-refractivity contribution in [2.45, 2.75) is 0 Å². The van der Waals surface area contributed by atoms with Gasteiger partial charge in [-0.1, -0.05) is 12.2 Å². The molecule has 0 unspecified atom stereocenters. The molecule has 7 heavy (non-hydrogen) atoms. The van der Waals surface area contributed by atoms with Crippen molar-refractivity contribution in [1.29, 1.82) is 0 Å². The number of carbonyl (C=O) groups excluding carboxylic acids is 1. The first-order chi connectivity index (χ1) is 3.69. The molecule has 2 nitrogen and oxygen atoms in total. The molecule has 2 heteroatoms. The number of hydrogen-bond donors (Lipinski definition) is 0. The smallest absolute Gasteiger partial charge is 0.316 e. The van der Waals surface area contributed by atoms with E-state index in [0.29, 0.717) is 0 Å². The summed E-state index contributed by atoms with van der Waals surface area (Å²) in [5, 5.41) is 0. The number of methoxy groups -OCH3 is 1. The van der Waals surface area contributed by atoms with Crippen LogP contribution in [0.4, 0.5) is 0 Å². The van der Waals surface area contributed by atoms with Gasteiger partial charge in [0.2, 0.25) is 0 Å². The predicted octanol–water partition coefficient (Wildman–Crippen LogP) is 0.345. The minimum Gasteiger partial charge on any atom is -0.468 e. The minimum atomic E-state index is -1.10. The van der Waals surface area contributed by atoms with Gasteiger partial charge in [-0.05, 0) is 0 Å². The van der Waals surface area contributed by atoms with Gasteiger partial charge in [0.1, 0.15) is 0 Å². The van der Waals surface area contributed by atoms with E-state index in [1.54, 1.807) is 0 Å². The first-order valence-electron chi connectivity index (χ1n) is 2.48. The van der Waals surface area contributed by atoms with E-state index in [4.69, 9.17) is 1.37 Å². The average Bonchev–Trinajstić information content (AvgIpc) is 2.47. The molecular weight excluding hydrogens is 92.1 g/mol. The molecular formula is C5H6O2. The Balaban J connectivity index is 2.48. The molecule has 0 bridgehead atoms. The van der Waals surface area contributed by atoms with Crippen LogP contribution in [-0.4, -0.2) is 13.1 Å². The summed E-state index contributed by atoms with van der Waals surface area (Å²) in [4.78, 5) is 10.4. The Morgan fingerprint density at radius 1 is 2.00 bits per heavy atom. The van der Waals surface area contributed by atoms with Crippen molar-refractivity contribution in [2.24, 2.45) is 5.89 Å². The zero-order chi connectivity index (χ0) is 6.20. The van der Waals surface area contributed by atoms with Crippen molar-refractivity contribution in [3.63, 3.8) is 0 Å². The van der Waals surface area contributed by atoms with Crippen LogP contribution < -0.4 is 0 Å². The molecule has 38 valence electrons. The van der Waals surface area contributed by atoms with Crippen LogP contribution in [0, 0.1) is 5.89 Å². The van der Waals surface area contributed by atoms with Gasteiger partial charge in [-0.2, -0.15) is 0 Å². The number of hydrogen-bond acceptors (Lipinski definition) is 2. The summed E-state index contributed by atoms with van der Waals surface area (Å²) in [5.74, 6) is -1.60. The maximum Gasteiger partial charge on any atom is 0.316 e. The van der Waals surface area contributed by atoms with E-state index in [1.165, 1.54) is 19.3 Å². The molecule has 0 radical (unpaired) electrons.